The van der Waals surface area contributed by atoms with Crippen LogP contribution in [0.1, 0.15) is 40.5 Å². The number of benzene rings is 2. The molecule has 0 spiro atoms. The van der Waals surface area contributed by atoms with Gasteiger partial charge in [0.15, 0.2) is 0 Å². The second-order valence-corrected chi connectivity index (χ2v) is 9.60. The summed E-state index contributed by atoms with van der Waals surface area (Å²) >= 11 is 1.84. The van der Waals surface area contributed by atoms with E-state index in [0.29, 0.717) is 12.8 Å². The molecule has 3 unspecified atom stereocenters. The predicted octanol–water partition coefficient (Wildman–Crippen LogP) is 5.37. The van der Waals surface area contributed by atoms with E-state index in [1.165, 1.54) is 26.1 Å². The van der Waals surface area contributed by atoms with Crippen LogP contribution in [0.4, 0.5) is 0 Å². The van der Waals surface area contributed by atoms with Crippen LogP contribution in [0.2, 0.25) is 0 Å². The minimum absolute atomic E-state index is 0.0775. The van der Waals surface area contributed by atoms with Gasteiger partial charge in [-0.25, -0.2) is 0 Å². The standard InChI is InChI=1S/C26H27NO3S/c1-16-9-22(24-6-4-8-27-24)23(25-14-19(29)13-20(15-28)30-25)12-18(16)11-21-10-17-5-2-3-7-26(17)31-21/h2-10,12,19-20,25,27-29H,11,13-15H2,1H3. The van der Waals surface area contributed by atoms with Crippen LogP contribution in [0.3, 0.4) is 0 Å². The Balaban J connectivity index is 1.55. The number of aromatic amines is 1. The number of rotatable bonds is 5. The summed E-state index contributed by atoms with van der Waals surface area (Å²) in [4.78, 5) is 4.65. The lowest BCUT2D eigenvalue weighted by molar-refractivity contribution is -0.113. The lowest BCUT2D eigenvalue weighted by atomic mass is 9.88. The van der Waals surface area contributed by atoms with Crippen molar-refractivity contribution in [2.24, 2.45) is 0 Å². The summed E-state index contributed by atoms with van der Waals surface area (Å²) in [6.45, 7) is 2.08. The van der Waals surface area contributed by atoms with E-state index in [2.05, 4.69) is 60.4 Å². The van der Waals surface area contributed by atoms with Gasteiger partial charge in [-0.3, -0.25) is 0 Å². The third-order valence-corrected chi connectivity index (χ3v) is 7.28. The number of aliphatic hydroxyl groups excluding tert-OH is 2. The third-order valence-electron chi connectivity index (χ3n) is 6.17. The maximum atomic E-state index is 10.4. The molecule has 3 N–H and O–H groups in total. The van der Waals surface area contributed by atoms with E-state index in [-0.39, 0.29) is 18.8 Å². The number of aryl methyl sites for hydroxylation is 1. The predicted molar refractivity (Wildman–Crippen MR) is 126 cm³/mol. The van der Waals surface area contributed by atoms with E-state index < -0.39 is 6.10 Å². The number of hydrogen-bond donors (Lipinski definition) is 3. The largest absolute Gasteiger partial charge is 0.394 e. The molecule has 2 aromatic carbocycles. The molecule has 4 aromatic rings. The van der Waals surface area contributed by atoms with Crippen molar-refractivity contribution < 1.29 is 14.9 Å². The number of fused-ring (bicyclic) bond motifs is 1. The maximum absolute atomic E-state index is 10.4. The number of ether oxygens (including phenoxy) is 1. The van der Waals surface area contributed by atoms with Gasteiger partial charge in [0.05, 0.1) is 24.9 Å². The Hall–Kier alpha value is -2.44. The zero-order valence-electron chi connectivity index (χ0n) is 17.5. The number of aliphatic hydroxyl groups is 2. The van der Waals surface area contributed by atoms with E-state index in [1.807, 2.05) is 23.6 Å². The molecule has 3 atom stereocenters. The Kier molecular flexibility index (Phi) is 5.67. The van der Waals surface area contributed by atoms with Gasteiger partial charge >= 0.3 is 0 Å². The van der Waals surface area contributed by atoms with Crippen LogP contribution in [0.5, 0.6) is 0 Å². The van der Waals surface area contributed by atoms with Crippen molar-refractivity contribution in [3.8, 4) is 11.3 Å². The van der Waals surface area contributed by atoms with Crippen LogP contribution in [-0.4, -0.2) is 34.0 Å². The summed E-state index contributed by atoms with van der Waals surface area (Å²) in [5.41, 5.74) is 5.71. The molecule has 1 fully saturated rings. The summed E-state index contributed by atoms with van der Waals surface area (Å²) in [5, 5.41) is 21.3. The van der Waals surface area contributed by atoms with E-state index in [0.717, 1.165) is 23.2 Å². The number of H-pyrrole nitrogens is 1. The monoisotopic (exact) mass is 433 g/mol. The highest BCUT2D eigenvalue weighted by molar-refractivity contribution is 7.19. The van der Waals surface area contributed by atoms with Crippen LogP contribution in [0.15, 0.2) is 60.8 Å². The van der Waals surface area contributed by atoms with E-state index in [9.17, 15) is 10.2 Å². The lowest BCUT2D eigenvalue weighted by Gasteiger charge is -2.34. The Morgan fingerprint density at radius 2 is 1.97 bits per heavy atom. The van der Waals surface area contributed by atoms with Crippen LogP contribution in [0, 0.1) is 6.92 Å². The van der Waals surface area contributed by atoms with Crippen LogP contribution >= 0.6 is 11.3 Å². The SMILES string of the molecule is Cc1cc(-c2ccc[nH]2)c(C2CC(O)CC(CO)O2)cc1Cc1cc2ccccc2s1. The van der Waals surface area contributed by atoms with Crippen LogP contribution < -0.4 is 0 Å². The zero-order chi connectivity index (χ0) is 21.4. The molecule has 1 saturated heterocycles. The second kappa shape index (κ2) is 8.60. The van der Waals surface area contributed by atoms with Crippen molar-refractivity contribution in [1.29, 1.82) is 0 Å². The molecule has 0 saturated carbocycles. The normalized spacial score (nSPS) is 21.6. The maximum Gasteiger partial charge on any atom is 0.0861 e. The van der Waals surface area contributed by atoms with E-state index in [4.69, 9.17) is 4.74 Å². The molecule has 31 heavy (non-hydrogen) atoms. The first-order valence-corrected chi connectivity index (χ1v) is 11.6. The Morgan fingerprint density at radius 1 is 1.10 bits per heavy atom. The number of hydrogen-bond acceptors (Lipinski definition) is 4. The minimum atomic E-state index is -0.472. The summed E-state index contributed by atoms with van der Waals surface area (Å²) in [6, 6.07) is 19.3. The zero-order valence-corrected chi connectivity index (χ0v) is 18.4. The van der Waals surface area contributed by atoms with Gasteiger partial charge in [0.25, 0.3) is 0 Å². The summed E-state index contributed by atoms with van der Waals surface area (Å²) in [6.07, 6.45) is 2.74. The van der Waals surface area contributed by atoms with Crippen molar-refractivity contribution >= 4 is 21.4 Å². The molecule has 5 heteroatoms. The molecular weight excluding hydrogens is 406 g/mol. The molecule has 0 radical (unpaired) electrons. The Bertz CT molecular complexity index is 1150. The van der Waals surface area contributed by atoms with Crippen molar-refractivity contribution in [3.63, 3.8) is 0 Å². The van der Waals surface area contributed by atoms with Crippen molar-refractivity contribution in [3.05, 3.63) is 82.4 Å². The second-order valence-electron chi connectivity index (χ2n) is 8.43. The van der Waals surface area contributed by atoms with Gasteiger partial charge in [-0.1, -0.05) is 24.3 Å². The summed E-state index contributed by atoms with van der Waals surface area (Å²) in [5.74, 6) is 0. The molecule has 160 valence electrons. The third kappa shape index (κ3) is 4.19. The molecule has 1 aliphatic heterocycles. The summed E-state index contributed by atoms with van der Waals surface area (Å²) in [7, 11) is 0. The highest BCUT2D eigenvalue weighted by Crippen LogP contribution is 2.39. The fourth-order valence-corrected chi connectivity index (χ4v) is 5.67. The number of aromatic nitrogens is 1. The Labute approximate surface area is 186 Å². The molecule has 4 nitrogen and oxygen atoms in total. The quantitative estimate of drug-likeness (QED) is 0.396. The molecular formula is C26H27NO3S. The smallest absolute Gasteiger partial charge is 0.0861 e. The number of thiophene rings is 1. The highest BCUT2D eigenvalue weighted by Gasteiger charge is 2.31. The van der Waals surface area contributed by atoms with Gasteiger partial charge in [0.1, 0.15) is 0 Å². The first-order valence-electron chi connectivity index (χ1n) is 10.8. The average molecular weight is 434 g/mol. The van der Waals surface area contributed by atoms with Crippen molar-refractivity contribution in [2.75, 3.05) is 6.61 Å². The topological polar surface area (TPSA) is 65.5 Å². The molecule has 0 aliphatic carbocycles. The number of nitrogens with one attached hydrogen (secondary N) is 1. The van der Waals surface area contributed by atoms with E-state index in [1.54, 1.807) is 0 Å². The molecule has 2 aromatic heterocycles. The van der Waals surface area contributed by atoms with Crippen LogP contribution in [0.25, 0.3) is 21.3 Å². The van der Waals surface area contributed by atoms with Crippen molar-refractivity contribution in [1.82, 2.24) is 4.98 Å². The molecule has 5 rings (SSSR count). The van der Waals surface area contributed by atoms with Gasteiger partial charge in [0.2, 0.25) is 0 Å². The molecule has 3 heterocycles. The fourth-order valence-electron chi connectivity index (χ4n) is 4.58. The van der Waals surface area contributed by atoms with Gasteiger partial charge in [-0.2, -0.15) is 0 Å². The lowest BCUT2D eigenvalue weighted by Crippen LogP contribution is -2.33. The van der Waals surface area contributed by atoms with E-state index >= 15 is 0 Å². The molecule has 1 aliphatic rings. The molecule has 0 bridgehead atoms. The van der Waals surface area contributed by atoms with Crippen LogP contribution in [-0.2, 0) is 11.2 Å². The van der Waals surface area contributed by atoms with Gasteiger partial charge in [-0.15, -0.1) is 11.3 Å². The first kappa shape index (κ1) is 20.5. The summed E-state index contributed by atoms with van der Waals surface area (Å²) < 4.78 is 7.51. The van der Waals surface area contributed by atoms with Crippen molar-refractivity contribution in [2.45, 2.75) is 44.5 Å². The average Bonchev–Trinajstić information content (AvgIpc) is 3.44. The first-order chi connectivity index (χ1) is 15.1. The van der Waals surface area contributed by atoms with Gasteiger partial charge in [0, 0.05) is 46.3 Å². The van der Waals surface area contributed by atoms with Gasteiger partial charge < -0.3 is 19.9 Å². The molecule has 0 amide bonds. The fraction of sp³-hybridized carbons (Fsp3) is 0.308. The highest BCUT2D eigenvalue weighted by atomic mass is 32.1. The van der Waals surface area contributed by atoms with Gasteiger partial charge in [-0.05, 0) is 59.3 Å². The Morgan fingerprint density at radius 3 is 2.74 bits per heavy atom. The minimum Gasteiger partial charge on any atom is -0.394 e.